The van der Waals surface area contributed by atoms with Crippen LogP contribution in [0.4, 0.5) is 0 Å². The van der Waals surface area contributed by atoms with E-state index >= 15 is 0 Å². The highest BCUT2D eigenvalue weighted by molar-refractivity contribution is 7.89. The Hall–Kier alpha value is -2.13. The van der Waals surface area contributed by atoms with E-state index in [1.165, 1.54) is 12.4 Å². The van der Waals surface area contributed by atoms with E-state index in [1.807, 2.05) is 19.1 Å². The van der Waals surface area contributed by atoms with Crippen molar-refractivity contribution >= 4 is 10.0 Å². The lowest BCUT2D eigenvalue weighted by Gasteiger charge is -2.02. The molecule has 0 aliphatic heterocycles. The van der Waals surface area contributed by atoms with E-state index in [-0.39, 0.29) is 5.75 Å². The lowest BCUT2D eigenvalue weighted by atomic mass is 10.0. The van der Waals surface area contributed by atoms with Crippen LogP contribution in [0.3, 0.4) is 0 Å². The quantitative estimate of drug-likeness (QED) is 0.857. The molecule has 0 amide bonds. The van der Waals surface area contributed by atoms with E-state index in [2.05, 4.69) is 11.2 Å². The van der Waals surface area contributed by atoms with Gasteiger partial charge in [0.05, 0.1) is 29.8 Å². The minimum absolute atomic E-state index is 0.0208. The van der Waals surface area contributed by atoms with Gasteiger partial charge < -0.3 is 0 Å². The molecule has 6 heteroatoms. The molecule has 0 atom stereocenters. The Morgan fingerprint density at radius 2 is 2.16 bits per heavy atom. The Morgan fingerprint density at radius 3 is 2.79 bits per heavy atom. The largest absolute Gasteiger partial charge is 0.253 e. The van der Waals surface area contributed by atoms with E-state index < -0.39 is 10.0 Å². The van der Waals surface area contributed by atoms with Gasteiger partial charge in [-0.15, -0.1) is 0 Å². The summed E-state index contributed by atoms with van der Waals surface area (Å²) >= 11 is 0. The van der Waals surface area contributed by atoms with Crippen molar-refractivity contribution in [2.75, 3.05) is 5.75 Å². The van der Waals surface area contributed by atoms with Crippen LogP contribution in [-0.4, -0.2) is 23.4 Å². The average Bonchev–Trinajstić information content (AvgIpc) is 2.89. The summed E-state index contributed by atoms with van der Waals surface area (Å²) in [6.07, 6.45) is 2.90. The second-order valence-electron chi connectivity index (χ2n) is 4.16. The summed E-state index contributed by atoms with van der Waals surface area (Å²) in [6, 6.07) is 7.50. The van der Waals surface area contributed by atoms with Crippen molar-refractivity contribution in [3.63, 3.8) is 0 Å². The average molecular weight is 275 g/mol. The molecule has 0 N–H and O–H groups in total. The highest BCUT2D eigenvalue weighted by Gasteiger charge is 2.14. The fourth-order valence-electron chi connectivity index (χ4n) is 1.72. The molecule has 5 nitrogen and oxygen atoms in total. The molecule has 0 unspecified atom stereocenters. The van der Waals surface area contributed by atoms with Gasteiger partial charge in [-0.1, -0.05) is 11.6 Å². The van der Waals surface area contributed by atoms with Crippen molar-refractivity contribution in [1.82, 2.24) is 9.19 Å². The standard InChI is InChI=1S/C13H13N3O2S/c1-3-19(17,18)16-9-12(8-15-16)13-6-10(2)4-5-11(13)7-14/h4-6,8-9H,3H2,1-2H3. The molecule has 0 aliphatic rings. The van der Waals surface area contributed by atoms with Gasteiger partial charge in [0.25, 0.3) is 10.0 Å². The maximum Gasteiger partial charge on any atom is 0.253 e. The van der Waals surface area contributed by atoms with Crippen LogP contribution in [0.2, 0.25) is 0 Å². The number of hydrogen-bond acceptors (Lipinski definition) is 4. The topological polar surface area (TPSA) is 75.8 Å². The van der Waals surface area contributed by atoms with E-state index in [0.717, 1.165) is 9.65 Å². The van der Waals surface area contributed by atoms with Crippen LogP contribution in [0.15, 0.2) is 30.6 Å². The predicted molar refractivity (Wildman–Crippen MR) is 72.0 cm³/mol. The highest BCUT2D eigenvalue weighted by atomic mass is 32.2. The number of benzene rings is 1. The maximum atomic E-state index is 11.7. The number of rotatable bonds is 3. The van der Waals surface area contributed by atoms with Crippen LogP contribution in [0.25, 0.3) is 11.1 Å². The van der Waals surface area contributed by atoms with E-state index in [0.29, 0.717) is 16.7 Å². The zero-order valence-corrected chi connectivity index (χ0v) is 11.5. The van der Waals surface area contributed by atoms with Crippen LogP contribution >= 0.6 is 0 Å². The fraction of sp³-hybridized carbons (Fsp3) is 0.231. The molecule has 98 valence electrons. The van der Waals surface area contributed by atoms with Gasteiger partial charge in [0, 0.05) is 11.1 Å². The van der Waals surface area contributed by atoms with E-state index in [4.69, 9.17) is 5.26 Å². The van der Waals surface area contributed by atoms with Crippen LogP contribution in [0, 0.1) is 18.3 Å². The monoisotopic (exact) mass is 275 g/mol. The van der Waals surface area contributed by atoms with Gasteiger partial charge in [-0.2, -0.15) is 14.4 Å². The number of nitriles is 1. The van der Waals surface area contributed by atoms with Crippen molar-refractivity contribution in [3.05, 3.63) is 41.7 Å². The molecule has 2 aromatic rings. The first-order valence-electron chi connectivity index (χ1n) is 5.77. The third kappa shape index (κ3) is 2.51. The van der Waals surface area contributed by atoms with Gasteiger partial charge in [0.2, 0.25) is 0 Å². The van der Waals surface area contributed by atoms with Crippen molar-refractivity contribution in [2.24, 2.45) is 0 Å². The lowest BCUT2D eigenvalue weighted by Crippen LogP contribution is -2.14. The van der Waals surface area contributed by atoms with Gasteiger partial charge in [-0.3, -0.25) is 0 Å². The third-order valence-corrected chi connectivity index (χ3v) is 4.32. The maximum absolute atomic E-state index is 11.7. The SMILES string of the molecule is CCS(=O)(=O)n1cc(-c2cc(C)ccc2C#N)cn1. The van der Waals surface area contributed by atoms with Crippen LogP contribution in [-0.2, 0) is 10.0 Å². The molecular weight excluding hydrogens is 262 g/mol. The third-order valence-electron chi connectivity index (χ3n) is 2.82. The minimum Gasteiger partial charge on any atom is -0.205 e. The van der Waals surface area contributed by atoms with Gasteiger partial charge in [-0.25, -0.2) is 8.42 Å². The first kappa shape index (κ1) is 13.3. The van der Waals surface area contributed by atoms with Crippen LogP contribution < -0.4 is 0 Å². The van der Waals surface area contributed by atoms with E-state index in [9.17, 15) is 8.42 Å². The predicted octanol–water partition coefficient (Wildman–Crippen LogP) is 1.93. The second kappa shape index (κ2) is 4.86. The molecule has 19 heavy (non-hydrogen) atoms. The Bertz CT molecular complexity index is 754. The zero-order chi connectivity index (χ0) is 14.0. The van der Waals surface area contributed by atoms with Crippen molar-refractivity contribution in [2.45, 2.75) is 13.8 Å². The van der Waals surface area contributed by atoms with Crippen LogP contribution in [0.5, 0.6) is 0 Å². The molecule has 0 fully saturated rings. The molecule has 0 bridgehead atoms. The van der Waals surface area contributed by atoms with Gasteiger partial charge in [0.1, 0.15) is 0 Å². The van der Waals surface area contributed by atoms with Crippen molar-refractivity contribution in [3.8, 4) is 17.2 Å². The Balaban J connectivity index is 2.56. The minimum atomic E-state index is -3.39. The summed E-state index contributed by atoms with van der Waals surface area (Å²) in [7, 11) is -3.39. The molecule has 2 rings (SSSR count). The van der Waals surface area contributed by atoms with E-state index in [1.54, 1.807) is 13.0 Å². The number of nitrogens with zero attached hydrogens (tertiary/aromatic N) is 3. The Kier molecular flexibility index (Phi) is 3.40. The smallest absolute Gasteiger partial charge is 0.205 e. The van der Waals surface area contributed by atoms with Crippen molar-refractivity contribution in [1.29, 1.82) is 5.26 Å². The fourth-order valence-corrected chi connectivity index (χ4v) is 2.45. The highest BCUT2D eigenvalue weighted by Crippen LogP contribution is 2.24. The van der Waals surface area contributed by atoms with Gasteiger partial charge in [0.15, 0.2) is 0 Å². The summed E-state index contributed by atoms with van der Waals surface area (Å²) in [6.45, 7) is 3.47. The molecule has 0 saturated heterocycles. The second-order valence-corrected chi connectivity index (χ2v) is 6.28. The Labute approximate surface area is 112 Å². The van der Waals surface area contributed by atoms with Crippen LogP contribution in [0.1, 0.15) is 18.1 Å². The summed E-state index contributed by atoms with van der Waals surface area (Å²) in [5.41, 5.74) is 2.82. The molecule has 0 spiro atoms. The van der Waals surface area contributed by atoms with Gasteiger partial charge >= 0.3 is 0 Å². The Morgan fingerprint density at radius 1 is 1.42 bits per heavy atom. The molecule has 0 aliphatic carbocycles. The first-order chi connectivity index (χ1) is 8.97. The number of aryl methyl sites for hydroxylation is 1. The molecule has 1 heterocycles. The summed E-state index contributed by atoms with van der Waals surface area (Å²) in [4.78, 5) is 0. The lowest BCUT2D eigenvalue weighted by molar-refractivity contribution is 0.581. The zero-order valence-electron chi connectivity index (χ0n) is 10.7. The molecule has 1 aromatic heterocycles. The van der Waals surface area contributed by atoms with Crippen molar-refractivity contribution < 1.29 is 8.42 Å². The molecule has 0 radical (unpaired) electrons. The molecule has 1 aromatic carbocycles. The van der Waals surface area contributed by atoms with Gasteiger partial charge in [-0.05, 0) is 26.0 Å². The molecule has 0 saturated carbocycles. The normalized spacial score (nSPS) is 11.2. The summed E-state index contributed by atoms with van der Waals surface area (Å²) in [5, 5.41) is 12.9. The molecular formula is C13H13N3O2S. The first-order valence-corrected chi connectivity index (χ1v) is 7.38. The number of hydrogen-bond donors (Lipinski definition) is 0. The summed E-state index contributed by atoms with van der Waals surface area (Å²) < 4.78 is 24.4. The number of aromatic nitrogens is 2. The summed E-state index contributed by atoms with van der Waals surface area (Å²) in [5.74, 6) is -0.0208.